The van der Waals surface area contributed by atoms with Crippen LogP contribution in [0.5, 0.6) is 0 Å². The number of Topliss-reactive ketones (excluding diaryl/α,β-unsaturated/α-hetero) is 1. The van der Waals surface area contributed by atoms with Crippen molar-refractivity contribution in [3.05, 3.63) is 11.6 Å². The van der Waals surface area contributed by atoms with Crippen LogP contribution in [0.25, 0.3) is 0 Å². The molecular weight excluding hydrogens is 612 g/mol. The molecule has 1 saturated heterocycles. The average molecular weight is 661 g/mol. The average Bonchev–Trinajstić information content (AvgIpc) is 3.34. The molecular formula is C35H48O12. The van der Waals surface area contributed by atoms with E-state index in [2.05, 4.69) is 13.8 Å². The van der Waals surface area contributed by atoms with E-state index in [1.54, 1.807) is 0 Å². The summed E-state index contributed by atoms with van der Waals surface area (Å²) >= 11 is 0. The number of fused-ring (bicyclic) bond motifs is 5. The summed E-state index contributed by atoms with van der Waals surface area (Å²) in [4.78, 5) is 74.1. The third-order valence-corrected chi connectivity index (χ3v) is 11.7. The number of ether oxygens (including phenoxy) is 6. The van der Waals surface area contributed by atoms with Gasteiger partial charge in [0.1, 0.15) is 19.3 Å². The van der Waals surface area contributed by atoms with Crippen LogP contribution in [0.4, 0.5) is 0 Å². The molecule has 3 saturated carbocycles. The Balaban J connectivity index is 1.33. The topological polar surface area (TPSA) is 158 Å². The zero-order valence-corrected chi connectivity index (χ0v) is 28.2. The minimum atomic E-state index is -1.39. The summed E-state index contributed by atoms with van der Waals surface area (Å²) in [5, 5.41) is 0. The Hall–Kier alpha value is -3.12. The summed E-state index contributed by atoms with van der Waals surface area (Å²) < 4.78 is 33.6. The summed E-state index contributed by atoms with van der Waals surface area (Å²) in [6.45, 7) is 8.50. The van der Waals surface area contributed by atoms with Crippen LogP contribution in [0.1, 0.15) is 92.9 Å². The first-order chi connectivity index (χ1) is 22.1. The second-order valence-electron chi connectivity index (χ2n) is 14.5. The zero-order chi connectivity index (χ0) is 34.3. The Labute approximate surface area is 275 Å². The lowest BCUT2D eigenvalue weighted by Gasteiger charge is -2.58. The predicted octanol–water partition coefficient (Wildman–Crippen LogP) is 3.80. The fourth-order valence-corrected chi connectivity index (χ4v) is 9.68. The molecule has 0 bridgehead atoms. The van der Waals surface area contributed by atoms with Gasteiger partial charge in [0, 0.05) is 40.0 Å². The third-order valence-electron chi connectivity index (χ3n) is 11.7. The minimum Gasteiger partial charge on any atom is -0.463 e. The lowest BCUT2D eigenvalue weighted by molar-refractivity contribution is -0.306. The Kier molecular flexibility index (Phi) is 10.3. The summed E-state index contributed by atoms with van der Waals surface area (Å²) in [5.41, 5.74) is 1.14. The van der Waals surface area contributed by atoms with Gasteiger partial charge in [-0.3, -0.25) is 28.8 Å². The van der Waals surface area contributed by atoms with Crippen molar-refractivity contribution in [3.8, 4) is 0 Å². The number of allylic oxidation sites excluding steroid dienone is 1. The van der Waals surface area contributed by atoms with E-state index < -0.39 is 54.6 Å². The van der Waals surface area contributed by atoms with Crippen LogP contribution in [0.2, 0.25) is 0 Å². The van der Waals surface area contributed by atoms with E-state index in [4.69, 9.17) is 28.4 Å². The third kappa shape index (κ3) is 7.04. The number of carbonyl (C=O) groups is 6. The molecule has 4 aliphatic carbocycles. The first kappa shape index (κ1) is 35.2. The molecule has 0 aromatic carbocycles. The van der Waals surface area contributed by atoms with Crippen LogP contribution < -0.4 is 0 Å². The van der Waals surface area contributed by atoms with E-state index >= 15 is 0 Å². The van der Waals surface area contributed by atoms with Gasteiger partial charge in [0.25, 0.3) is 0 Å². The van der Waals surface area contributed by atoms with Crippen molar-refractivity contribution in [3.63, 3.8) is 0 Å². The first-order valence-electron chi connectivity index (χ1n) is 16.8. The molecule has 0 radical (unpaired) electrons. The number of carbonyl (C=O) groups excluding carboxylic acids is 6. The van der Waals surface area contributed by atoms with Gasteiger partial charge in [0.2, 0.25) is 0 Å². The molecule has 1 aliphatic heterocycles. The highest BCUT2D eigenvalue weighted by Gasteiger charge is 2.60. The lowest BCUT2D eigenvalue weighted by atomic mass is 9.46. The van der Waals surface area contributed by atoms with Crippen LogP contribution in [0, 0.1) is 34.5 Å². The highest BCUT2D eigenvalue weighted by Crippen LogP contribution is 2.66. The van der Waals surface area contributed by atoms with Crippen LogP contribution in [-0.4, -0.2) is 79.4 Å². The molecule has 5 rings (SSSR count). The van der Waals surface area contributed by atoms with Gasteiger partial charge >= 0.3 is 23.9 Å². The second kappa shape index (κ2) is 13.8. The molecule has 0 aromatic rings. The van der Waals surface area contributed by atoms with Crippen molar-refractivity contribution in [2.75, 3.05) is 13.2 Å². The van der Waals surface area contributed by atoms with E-state index in [0.717, 1.165) is 65.7 Å². The van der Waals surface area contributed by atoms with Crippen molar-refractivity contribution in [1.29, 1.82) is 0 Å². The Morgan fingerprint density at radius 3 is 2.11 bits per heavy atom. The maximum absolute atomic E-state index is 14.0. The lowest BCUT2D eigenvalue weighted by Crippen LogP contribution is -2.63. The van der Waals surface area contributed by atoms with Gasteiger partial charge in [-0.2, -0.15) is 0 Å². The van der Waals surface area contributed by atoms with Crippen molar-refractivity contribution in [1.82, 2.24) is 0 Å². The SMILES string of the molecule is CC(=O)OC[C@H]1O[C@H](OCC(=O)[C@H]2CC[C@H]3[C@@H]4CCC5=CC(=O)CC[C@]5(C)[C@H]4CC[C@]23C)[C@H](OC(C)=O)[C@@H](OC(C)=O)[C@@H]1OC(C)=O. The smallest absolute Gasteiger partial charge is 0.303 e. The second-order valence-corrected chi connectivity index (χ2v) is 14.5. The molecule has 0 amide bonds. The van der Waals surface area contributed by atoms with Crippen LogP contribution in [-0.2, 0) is 57.2 Å². The Bertz CT molecular complexity index is 1320. The summed E-state index contributed by atoms with van der Waals surface area (Å²) in [5.74, 6) is -1.55. The van der Waals surface area contributed by atoms with Crippen LogP contribution in [0.15, 0.2) is 11.6 Å². The van der Waals surface area contributed by atoms with Crippen molar-refractivity contribution < 1.29 is 57.2 Å². The van der Waals surface area contributed by atoms with E-state index in [9.17, 15) is 28.8 Å². The fourth-order valence-electron chi connectivity index (χ4n) is 9.68. The molecule has 5 aliphatic rings. The van der Waals surface area contributed by atoms with Crippen molar-refractivity contribution >= 4 is 35.4 Å². The predicted molar refractivity (Wildman–Crippen MR) is 163 cm³/mol. The molecule has 0 unspecified atom stereocenters. The summed E-state index contributed by atoms with van der Waals surface area (Å²) in [6.07, 6.45) is 2.38. The molecule has 0 spiro atoms. The van der Waals surface area contributed by atoms with Gasteiger partial charge in [0.15, 0.2) is 36.2 Å². The Morgan fingerprint density at radius 2 is 1.45 bits per heavy atom. The van der Waals surface area contributed by atoms with Crippen LogP contribution >= 0.6 is 0 Å². The molecule has 4 fully saturated rings. The number of rotatable bonds is 9. The quantitative estimate of drug-likeness (QED) is 0.261. The van der Waals surface area contributed by atoms with Crippen molar-refractivity contribution in [2.45, 2.75) is 124 Å². The van der Waals surface area contributed by atoms with Gasteiger partial charge in [-0.1, -0.05) is 19.4 Å². The van der Waals surface area contributed by atoms with Gasteiger partial charge < -0.3 is 28.4 Å². The highest BCUT2D eigenvalue weighted by molar-refractivity contribution is 5.91. The van der Waals surface area contributed by atoms with E-state index in [0.29, 0.717) is 24.2 Å². The monoisotopic (exact) mass is 660 g/mol. The number of hydrogen-bond acceptors (Lipinski definition) is 12. The van der Waals surface area contributed by atoms with Crippen molar-refractivity contribution in [2.24, 2.45) is 34.5 Å². The van der Waals surface area contributed by atoms with E-state index in [1.807, 2.05) is 6.08 Å². The van der Waals surface area contributed by atoms with Gasteiger partial charge in [-0.15, -0.1) is 0 Å². The largest absolute Gasteiger partial charge is 0.463 e. The van der Waals surface area contributed by atoms with Gasteiger partial charge in [-0.05, 0) is 79.6 Å². The normalized spacial score (nSPS) is 39.3. The molecule has 12 nitrogen and oxygen atoms in total. The molecule has 1 heterocycles. The molecule has 260 valence electrons. The molecule has 0 aromatic heterocycles. The Morgan fingerprint density at radius 1 is 0.787 bits per heavy atom. The number of hydrogen-bond donors (Lipinski definition) is 0. The fraction of sp³-hybridized carbons (Fsp3) is 0.771. The van der Waals surface area contributed by atoms with Gasteiger partial charge in [-0.25, -0.2) is 0 Å². The summed E-state index contributed by atoms with van der Waals surface area (Å²) in [7, 11) is 0. The maximum atomic E-state index is 14.0. The number of esters is 4. The molecule has 0 N–H and O–H groups in total. The zero-order valence-electron chi connectivity index (χ0n) is 28.2. The summed E-state index contributed by atoms with van der Waals surface area (Å²) in [6, 6.07) is 0. The minimum absolute atomic E-state index is 0.0402. The first-order valence-corrected chi connectivity index (χ1v) is 16.8. The van der Waals surface area contributed by atoms with E-state index in [1.165, 1.54) is 12.5 Å². The van der Waals surface area contributed by atoms with E-state index in [-0.39, 0.29) is 41.5 Å². The highest BCUT2D eigenvalue weighted by atomic mass is 16.7. The molecule has 12 heteroatoms. The van der Waals surface area contributed by atoms with Gasteiger partial charge in [0.05, 0.1) is 0 Å². The molecule has 11 atom stereocenters. The standard InChI is InChI=1S/C35H48O12/c1-18(36)42-17-29-30(44-19(2)37)31(45-20(3)38)32(46-21(4)39)33(47-29)43-16-28(41)27-10-9-25-24-8-7-22-15-23(40)11-13-34(22,5)26(24)12-14-35(25,27)6/h15,24-27,29-33H,7-14,16-17H2,1-6H3/t24-,25-,26-,27+,29+,30+,31-,32+,33-,34-,35-/m0/s1. The number of ketones is 2. The van der Waals surface area contributed by atoms with Crippen LogP contribution in [0.3, 0.4) is 0 Å². The maximum Gasteiger partial charge on any atom is 0.303 e. The molecule has 47 heavy (non-hydrogen) atoms.